The SMILES string of the molecule is N#Cc1ccnc(CC(N)C(=O)O)c1. The Bertz CT molecular complexity index is 384. The molecule has 5 heteroatoms. The van der Waals surface area contributed by atoms with Crippen LogP contribution in [-0.4, -0.2) is 22.1 Å². The van der Waals surface area contributed by atoms with Gasteiger partial charge in [0.05, 0.1) is 11.6 Å². The van der Waals surface area contributed by atoms with Crippen LogP contribution in [-0.2, 0) is 11.2 Å². The Morgan fingerprint density at radius 3 is 3.07 bits per heavy atom. The highest BCUT2D eigenvalue weighted by Gasteiger charge is 2.12. The van der Waals surface area contributed by atoms with E-state index in [-0.39, 0.29) is 6.42 Å². The third-order valence-electron chi connectivity index (χ3n) is 1.69. The maximum absolute atomic E-state index is 10.4. The number of rotatable bonds is 3. The van der Waals surface area contributed by atoms with Crippen LogP contribution in [0.1, 0.15) is 11.3 Å². The van der Waals surface area contributed by atoms with Crippen LogP contribution in [0, 0.1) is 11.3 Å². The maximum atomic E-state index is 10.4. The second-order valence-corrected chi connectivity index (χ2v) is 2.80. The van der Waals surface area contributed by atoms with Crippen LogP contribution in [0.3, 0.4) is 0 Å². The van der Waals surface area contributed by atoms with Gasteiger partial charge in [0.1, 0.15) is 6.04 Å². The molecule has 0 bridgehead atoms. The minimum absolute atomic E-state index is 0.130. The van der Waals surface area contributed by atoms with Crippen molar-refractivity contribution in [1.29, 1.82) is 5.26 Å². The number of hydrogen-bond acceptors (Lipinski definition) is 4. The summed E-state index contributed by atoms with van der Waals surface area (Å²) in [6, 6.07) is 4.05. The van der Waals surface area contributed by atoms with Gasteiger partial charge in [-0.05, 0) is 12.1 Å². The Morgan fingerprint density at radius 2 is 2.50 bits per heavy atom. The number of hydrogen-bond donors (Lipinski definition) is 2. The van der Waals surface area contributed by atoms with Gasteiger partial charge in [-0.3, -0.25) is 9.78 Å². The van der Waals surface area contributed by atoms with Gasteiger partial charge >= 0.3 is 5.97 Å². The third-order valence-corrected chi connectivity index (χ3v) is 1.69. The van der Waals surface area contributed by atoms with Crippen molar-refractivity contribution < 1.29 is 9.90 Å². The van der Waals surface area contributed by atoms with Gasteiger partial charge in [0.25, 0.3) is 0 Å². The van der Waals surface area contributed by atoms with Gasteiger partial charge in [0, 0.05) is 18.3 Å². The lowest BCUT2D eigenvalue weighted by atomic mass is 10.1. The summed E-state index contributed by atoms with van der Waals surface area (Å²) in [6.45, 7) is 0. The van der Waals surface area contributed by atoms with Crippen LogP contribution in [0.5, 0.6) is 0 Å². The number of nitrogens with zero attached hydrogens (tertiary/aromatic N) is 2. The summed E-state index contributed by atoms with van der Waals surface area (Å²) in [5, 5.41) is 17.1. The van der Waals surface area contributed by atoms with Gasteiger partial charge in [-0.15, -0.1) is 0 Å². The topological polar surface area (TPSA) is 100 Å². The lowest BCUT2D eigenvalue weighted by Crippen LogP contribution is -2.32. The second kappa shape index (κ2) is 4.35. The van der Waals surface area contributed by atoms with E-state index in [1.165, 1.54) is 12.3 Å². The van der Waals surface area contributed by atoms with Crippen molar-refractivity contribution >= 4 is 5.97 Å². The van der Waals surface area contributed by atoms with Crippen LogP contribution in [0.25, 0.3) is 0 Å². The molecule has 0 aliphatic rings. The Hall–Kier alpha value is -1.93. The molecule has 1 unspecified atom stereocenters. The number of carbonyl (C=O) groups is 1. The normalized spacial score (nSPS) is 11.7. The summed E-state index contributed by atoms with van der Waals surface area (Å²) in [5.41, 5.74) is 6.28. The number of carboxylic acids is 1. The molecule has 5 nitrogen and oxygen atoms in total. The Balaban J connectivity index is 2.78. The molecule has 72 valence electrons. The highest BCUT2D eigenvalue weighted by atomic mass is 16.4. The monoisotopic (exact) mass is 191 g/mol. The van der Waals surface area contributed by atoms with E-state index in [2.05, 4.69) is 4.98 Å². The van der Waals surface area contributed by atoms with Gasteiger partial charge in [0.15, 0.2) is 0 Å². The molecule has 14 heavy (non-hydrogen) atoms. The van der Waals surface area contributed by atoms with Crippen LogP contribution in [0.2, 0.25) is 0 Å². The smallest absolute Gasteiger partial charge is 0.320 e. The summed E-state index contributed by atoms with van der Waals surface area (Å²) in [4.78, 5) is 14.4. The third kappa shape index (κ3) is 2.54. The first-order chi connectivity index (χ1) is 6.63. The van der Waals surface area contributed by atoms with Gasteiger partial charge in [-0.2, -0.15) is 5.26 Å². The highest BCUT2D eigenvalue weighted by Crippen LogP contribution is 2.02. The molecule has 0 spiro atoms. The molecular weight excluding hydrogens is 182 g/mol. The van der Waals surface area contributed by atoms with E-state index < -0.39 is 12.0 Å². The van der Waals surface area contributed by atoms with Crippen molar-refractivity contribution in [2.75, 3.05) is 0 Å². The van der Waals surface area contributed by atoms with Crippen LogP contribution in [0.4, 0.5) is 0 Å². The Morgan fingerprint density at radius 1 is 1.79 bits per heavy atom. The fourth-order valence-corrected chi connectivity index (χ4v) is 0.972. The Kier molecular flexibility index (Phi) is 3.15. The average Bonchev–Trinajstić information content (AvgIpc) is 2.18. The van der Waals surface area contributed by atoms with E-state index >= 15 is 0 Å². The molecular formula is C9H9N3O2. The van der Waals surface area contributed by atoms with Gasteiger partial charge in [-0.1, -0.05) is 0 Å². The zero-order valence-electron chi connectivity index (χ0n) is 7.34. The molecule has 0 fully saturated rings. The minimum Gasteiger partial charge on any atom is -0.480 e. The largest absolute Gasteiger partial charge is 0.480 e. The molecule has 0 amide bonds. The van der Waals surface area contributed by atoms with E-state index in [1.54, 1.807) is 6.07 Å². The molecule has 1 heterocycles. The lowest BCUT2D eigenvalue weighted by molar-refractivity contribution is -0.138. The quantitative estimate of drug-likeness (QED) is 0.695. The predicted octanol–water partition coefficient (Wildman–Crippen LogP) is -0.0923. The summed E-state index contributed by atoms with van der Waals surface area (Å²) in [7, 11) is 0. The zero-order valence-corrected chi connectivity index (χ0v) is 7.34. The molecule has 0 aliphatic heterocycles. The van der Waals surface area contributed by atoms with Crippen molar-refractivity contribution in [3.8, 4) is 6.07 Å². The molecule has 1 aromatic rings. The van der Waals surface area contributed by atoms with E-state index in [0.717, 1.165) is 0 Å². The number of nitriles is 1. The number of pyridine rings is 1. The van der Waals surface area contributed by atoms with Crippen LogP contribution < -0.4 is 5.73 Å². The average molecular weight is 191 g/mol. The number of carboxylic acid groups (broad SMARTS) is 1. The lowest BCUT2D eigenvalue weighted by Gasteiger charge is -2.04. The van der Waals surface area contributed by atoms with Gasteiger partial charge in [-0.25, -0.2) is 0 Å². The summed E-state index contributed by atoms with van der Waals surface area (Å²) in [5.74, 6) is -1.07. The molecule has 0 aliphatic carbocycles. The van der Waals surface area contributed by atoms with Crippen molar-refractivity contribution in [3.05, 3.63) is 29.6 Å². The van der Waals surface area contributed by atoms with Crippen molar-refractivity contribution in [2.24, 2.45) is 5.73 Å². The van der Waals surface area contributed by atoms with Crippen LogP contribution >= 0.6 is 0 Å². The molecule has 0 saturated carbocycles. The van der Waals surface area contributed by atoms with E-state index in [0.29, 0.717) is 11.3 Å². The molecule has 1 atom stereocenters. The van der Waals surface area contributed by atoms with E-state index in [9.17, 15) is 4.79 Å². The van der Waals surface area contributed by atoms with Crippen molar-refractivity contribution in [2.45, 2.75) is 12.5 Å². The fourth-order valence-electron chi connectivity index (χ4n) is 0.972. The maximum Gasteiger partial charge on any atom is 0.320 e. The minimum atomic E-state index is -1.07. The standard InChI is InChI=1S/C9H9N3O2/c10-5-6-1-2-12-7(3-6)4-8(11)9(13)14/h1-3,8H,4,11H2,(H,13,14). The van der Waals surface area contributed by atoms with Crippen molar-refractivity contribution in [3.63, 3.8) is 0 Å². The molecule has 1 rings (SSSR count). The summed E-state index contributed by atoms with van der Waals surface area (Å²) < 4.78 is 0. The Labute approximate surface area is 80.8 Å². The van der Waals surface area contributed by atoms with Crippen LogP contribution in [0.15, 0.2) is 18.3 Å². The molecule has 0 aromatic carbocycles. The fraction of sp³-hybridized carbons (Fsp3) is 0.222. The predicted molar refractivity (Wildman–Crippen MR) is 48.3 cm³/mol. The zero-order chi connectivity index (χ0) is 10.6. The van der Waals surface area contributed by atoms with E-state index in [1.807, 2.05) is 6.07 Å². The molecule has 0 radical (unpaired) electrons. The number of aliphatic carboxylic acids is 1. The van der Waals surface area contributed by atoms with Gasteiger partial charge in [0.2, 0.25) is 0 Å². The second-order valence-electron chi connectivity index (χ2n) is 2.80. The highest BCUT2D eigenvalue weighted by molar-refractivity contribution is 5.73. The number of aromatic nitrogens is 1. The molecule has 1 aromatic heterocycles. The molecule has 0 saturated heterocycles. The first kappa shape index (κ1) is 10.2. The number of nitrogens with two attached hydrogens (primary N) is 1. The van der Waals surface area contributed by atoms with Gasteiger partial charge < -0.3 is 10.8 Å². The first-order valence-corrected chi connectivity index (χ1v) is 3.97. The van der Waals surface area contributed by atoms with Crippen molar-refractivity contribution in [1.82, 2.24) is 4.98 Å². The van der Waals surface area contributed by atoms with E-state index in [4.69, 9.17) is 16.1 Å². The summed E-state index contributed by atoms with van der Waals surface area (Å²) >= 11 is 0. The summed E-state index contributed by atoms with van der Waals surface area (Å²) in [6.07, 6.45) is 1.59. The first-order valence-electron chi connectivity index (χ1n) is 3.97. The molecule has 3 N–H and O–H groups in total.